The predicted molar refractivity (Wildman–Crippen MR) is 93.3 cm³/mol. The number of rotatable bonds is 4. The SMILES string of the molecule is O=C(NCCc1c[nH]c2ccccc12)C1CCN(I)CC1. The van der Waals surface area contributed by atoms with E-state index in [1.807, 2.05) is 12.3 Å². The molecule has 5 heteroatoms. The lowest BCUT2D eigenvalue weighted by Gasteiger charge is -2.26. The number of aromatic nitrogens is 1. The Balaban J connectivity index is 1.51. The van der Waals surface area contributed by atoms with Gasteiger partial charge in [-0.2, -0.15) is 0 Å². The number of carbonyl (C=O) groups is 1. The van der Waals surface area contributed by atoms with Gasteiger partial charge in [-0.1, -0.05) is 18.2 Å². The van der Waals surface area contributed by atoms with E-state index in [1.54, 1.807) is 0 Å². The molecule has 1 saturated heterocycles. The Kier molecular flexibility index (Phi) is 4.80. The van der Waals surface area contributed by atoms with Crippen LogP contribution in [0.15, 0.2) is 30.5 Å². The summed E-state index contributed by atoms with van der Waals surface area (Å²) in [6.45, 7) is 2.74. The minimum atomic E-state index is 0.194. The van der Waals surface area contributed by atoms with Gasteiger partial charge in [0.15, 0.2) is 0 Å². The number of hydrogen-bond acceptors (Lipinski definition) is 2. The van der Waals surface area contributed by atoms with Crippen molar-refractivity contribution < 1.29 is 4.79 Å². The first-order valence-corrected chi connectivity index (χ1v) is 8.44. The summed E-state index contributed by atoms with van der Waals surface area (Å²) in [4.78, 5) is 15.4. The van der Waals surface area contributed by atoms with Gasteiger partial charge >= 0.3 is 0 Å². The van der Waals surface area contributed by atoms with Crippen molar-refractivity contribution in [3.63, 3.8) is 0 Å². The molecule has 0 spiro atoms. The number of carbonyl (C=O) groups excluding carboxylic acids is 1. The van der Waals surface area contributed by atoms with Crippen molar-refractivity contribution in [1.82, 2.24) is 13.4 Å². The number of benzene rings is 1. The maximum absolute atomic E-state index is 12.2. The second-order valence-corrected chi connectivity index (χ2v) is 6.95. The highest BCUT2D eigenvalue weighted by molar-refractivity contribution is 14.1. The molecule has 0 saturated carbocycles. The van der Waals surface area contributed by atoms with Gasteiger partial charge in [-0.25, -0.2) is 3.11 Å². The molecule has 0 aliphatic carbocycles. The smallest absolute Gasteiger partial charge is 0.223 e. The first-order valence-electron chi connectivity index (χ1n) is 7.47. The average molecular weight is 397 g/mol. The molecule has 1 aromatic carbocycles. The van der Waals surface area contributed by atoms with Crippen LogP contribution in [0.5, 0.6) is 0 Å². The zero-order valence-corrected chi connectivity index (χ0v) is 14.1. The molecule has 1 aliphatic rings. The Morgan fingerprint density at radius 3 is 2.90 bits per heavy atom. The standard InChI is InChI=1S/C16H20IN3O/c17-20-9-6-12(7-10-20)16(21)18-8-5-13-11-19-15-4-2-1-3-14(13)15/h1-4,11-12,19H,5-10H2,(H,18,21). The van der Waals surface area contributed by atoms with Gasteiger partial charge in [0.25, 0.3) is 0 Å². The summed E-state index contributed by atoms with van der Waals surface area (Å²) in [6.07, 6.45) is 4.87. The number of para-hydroxylation sites is 1. The average Bonchev–Trinajstić information content (AvgIpc) is 2.91. The number of halogens is 1. The lowest BCUT2D eigenvalue weighted by Crippen LogP contribution is -2.38. The van der Waals surface area contributed by atoms with Crippen LogP contribution >= 0.6 is 22.9 Å². The lowest BCUT2D eigenvalue weighted by atomic mass is 9.97. The Morgan fingerprint density at radius 1 is 1.33 bits per heavy atom. The van der Waals surface area contributed by atoms with Gasteiger partial charge in [0.1, 0.15) is 0 Å². The Bertz CT molecular complexity index is 617. The van der Waals surface area contributed by atoms with Crippen LogP contribution in [0.4, 0.5) is 0 Å². The van der Waals surface area contributed by atoms with E-state index in [-0.39, 0.29) is 11.8 Å². The third-order valence-corrected chi connectivity index (χ3v) is 5.14. The summed E-state index contributed by atoms with van der Waals surface area (Å²) in [7, 11) is 0. The molecule has 1 aliphatic heterocycles. The number of nitrogens with one attached hydrogen (secondary N) is 2. The Hall–Kier alpha value is -1.08. The molecule has 2 N–H and O–H groups in total. The largest absolute Gasteiger partial charge is 0.361 e. The molecule has 0 radical (unpaired) electrons. The number of H-pyrrole nitrogens is 1. The van der Waals surface area contributed by atoms with Crippen LogP contribution in [-0.4, -0.2) is 33.6 Å². The molecule has 112 valence electrons. The van der Waals surface area contributed by atoms with E-state index in [1.165, 1.54) is 10.9 Å². The van der Waals surface area contributed by atoms with Gasteiger partial charge in [0.2, 0.25) is 5.91 Å². The van der Waals surface area contributed by atoms with Crippen molar-refractivity contribution in [1.29, 1.82) is 0 Å². The minimum absolute atomic E-state index is 0.194. The quantitative estimate of drug-likeness (QED) is 0.616. The van der Waals surface area contributed by atoms with Crippen LogP contribution in [0.1, 0.15) is 18.4 Å². The summed E-state index contributed by atoms with van der Waals surface area (Å²) in [5, 5.41) is 4.35. The molecule has 1 amide bonds. The Labute approximate surface area is 138 Å². The van der Waals surface area contributed by atoms with Crippen LogP contribution in [0, 0.1) is 5.92 Å². The monoisotopic (exact) mass is 397 g/mol. The molecule has 0 unspecified atom stereocenters. The number of nitrogens with zero attached hydrogens (tertiary/aromatic N) is 1. The van der Waals surface area contributed by atoms with E-state index in [9.17, 15) is 4.79 Å². The van der Waals surface area contributed by atoms with E-state index >= 15 is 0 Å². The number of amides is 1. The molecular weight excluding hydrogens is 377 g/mol. The number of hydrogen-bond donors (Lipinski definition) is 2. The topological polar surface area (TPSA) is 48.1 Å². The molecule has 1 aromatic heterocycles. The Morgan fingerprint density at radius 2 is 2.10 bits per heavy atom. The second kappa shape index (κ2) is 6.79. The minimum Gasteiger partial charge on any atom is -0.361 e. The summed E-state index contributed by atoms with van der Waals surface area (Å²) in [5.74, 6) is 0.415. The van der Waals surface area contributed by atoms with E-state index < -0.39 is 0 Å². The maximum atomic E-state index is 12.2. The first-order chi connectivity index (χ1) is 10.2. The summed E-state index contributed by atoms with van der Waals surface area (Å²) in [5.41, 5.74) is 2.43. The zero-order valence-electron chi connectivity index (χ0n) is 11.9. The van der Waals surface area contributed by atoms with Crippen molar-refractivity contribution >= 4 is 39.7 Å². The molecule has 1 fully saturated rings. The second-order valence-electron chi connectivity index (χ2n) is 5.58. The number of fused-ring (bicyclic) bond motifs is 1. The fourth-order valence-corrected chi connectivity index (χ4v) is 3.47. The molecule has 3 rings (SSSR count). The van der Waals surface area contributed by atoms with Crippen molar-refractivity contribution in [3.05, 3.63) is 36.0 Å². The summed E-state index contributed by atoms with van der Waals surface area (Å²) in [6, 6.07) is 8.29. The zero-order chi connectivity index (χ0) is 14.7. The number of piperidine rings is 1. The number of aromatic amines is 1. The fraction of sp³-hybridized carbons (Fsp3) is 0.438. The fourth-order valence-electron chi connectivity index (χ4n) is 2.91. The van der Waals surface area contributed by atoms with Crippen LogP contribution in [0.3, 0.4) is 0 Å². The van der Waals surface area contributed by atoms with Gasteiger partial charge in [-0.05, 0) is 30.9 Å². The predicted octanol–water partition coefficient (Wildman–Crippen LogP) is 2.89. The van der Waals surface area contributed by atoms with Gasteiger partial charge in [0.05, 0.1) is 0 Å². The maximum Gasteiger partial charge on any atom is 0.223 e. The van der Waals surface area contributed by atoms with Gasteiger partial charge in [0, 0.05) is 65.5 Å². The van der Waals surface area contributed by atoms with E-state index in [2.05, 4.69) is 54.5 Å². The van der Waals surface area contributed by atoms with Crippen LogP contribution in [-0.2, 0) is 11.2 Å². The van der Waals surface area contributed by atoms with Crippen molar-refractivity contribution in [2.24, 2.45) is 5.92 Å². The lowest BCUT2D eigenvalue weighted by molar-refractivity contribution is -0.125. The van der Waals surface area contributed by atoms with Gasteiger partial charge < -0.3 is 10.3 Å². The normalized spacial score (nSPS) is 17.2. The van der Waals surface area contributed by atoms with Crippen LogP contribution in [0.25, 0.3) is 10.9 Å². The summed E-state index contributed by atoms with van der Waals surface area (Å²) >= 11 is 2.33. The van der Waals surface area contributed by atoms with E-state index in [0.29, 0.717) is 6.54 Å². The molecule has 2 aromatic rings. The van der Waals surface area contributed by atoms with Gasteiger partial charge in [-0.15, -0.1) is 0 Å². The summed E-state index contributed by atoms with van der Waals surface area (Å²) < 4.78 is 2.26. The molecule has 0 bridgehead atoms. The van der Waals surface area contributed by atoms with E-state index in [0.717, 1.165) is 37.9 Å². The van der Waals surface area contributed by atoms with Crippen molar-refractivity contribution in [2.45, 2.75) is 19.3 Å². The molecule has 2 heterocycles. The molecule has 21 heavy (non-hydrogen) atoms. The molecule has 4 nitrogen and oxygen atoms in total. The van der Waals surface area contributed by atoms with Crippen molar-refractivity contribution in [2.75, 3.05) is 19.6 Å². The highest BCUT2D eigenvalue weighted by Crippen LogP contribution is 2.20. The first kappa shape index (κ1) is 14.8. The van der Waals surface area contributed by atoms with Crippen LogP contribution in [0.2, 0.25) is 0 Å². The van der Waals surface area contributed by atoms with Crippen molar-refractivity contribution in [3.8, 4) is 0 Å². The highest BCUT2D eigenvalue weighted by Gasteiger charge is 2.23. The van der Waals surface area contributed by atoms with Crippen LogP contribution < -0.4 is 5.32 Å². The molecular formula is C16H20IN3O. The third kappa shape index (κ3) is 3.58. The molecule has 0 atom stereocenters. The van der Waals surface area contributed by atoms with E-state index in [4.69, 9.17) is 0 Å². The third-order valence-electron chi connectivity index (χ3n) is 4.18. The highest BCUT2D eigenvalue weighted by atomic mass is 127. The van der Waals surface area contributed by atoms with Gasteiger partial charge in [-0.3, -0.25) is 4.79 Å².